The van der Waals surface area contributed by atoms with Crippen molar-refractivity contribution in [1.82, 2.24) is 15.5 Å². The Morgan fingerprint density at radius 2 is 1.56 bits per heavy atom. The second-order valence-electron chi connectivity index (χ2n) is 8.80. The third-order valence-electron chi connectivity index (χ3n) is 5.32. The predicted octanol–water partition coefficient (Wildman–Crippen LogP) is 4.91. The van der Waals surface area contributed by atoms with E-state index in [0.717, 1.165) is 25.7 Å². The van der Waals surface area contributed by atoms with Crippen molar-refractivity contribution in [3.63, 3.8) is 0 Å². The Bertz CT molecular complexity index is 639. The van der Waals surface area contributed by atoms with Gasteiger partial charge in [-0.05, 0) is 59.3 Å². The van der Waals surface area contributed by atoms with E-state index in [1.54, 1.807) is 0 Å². The van der Waals surface area contributed by atoms with Gasteiger partial charge >= 0.3 is 6.09 Å². The molecule has 8 heteroatoms. The van der Waals surface area contributed by atoms with Crippen molar-refractivity contribution in [2.45, 2.75) is 102 Å². The summed E-state index contributed by atoms with van der Waals surface area (Å²) < 4.78 is 37.7. The molecule has 27 heavy (non-hydrogen) atoms. The topological polar surface area (TPSA) is 77.2 Å². The van der Waals surface area contributed by atoms with Gasteiger partial charge in [-0.1, -0.05) is 0 Å². The Hall–Kier alpha value is -1.73. The number of nitrogens with zero attached hydrogens (tertiary/aromatic N) is 2. The zero-order valence-electron chi connectivity index (χ0n) is 16.3. The van der Waals surface area contributed by atoms with Crippen LogP contribution in [-0.4, -0.2) is 33.9 Å². The van der Waals surface area contributed by atoms with Gasteiger partial charge in [0.1, 0.15) is 5.60 Å². The molecule has 0 bridgehead atoms. The third kappa shape index (κ3) is 5.62. The molecule has 0 atom stereocenters. The highest BCUT2D eigenvalue weighted by atomic mass is 19.3. The van der Waals surface area contributed by atoms with Gasteiger partial charge in [0.05, 0.1) is 0 Å². The van der Waals surface area contributed by atoms with Crippen molar-refractivity contribution < 1.29 is 22.7 Å². The normalized spacial score (nSPS) is 26.6. The minimum Gasteiger partial charge on any atom is -0.444 e. The lowest BCUT2D eigenvalue weighted by Gasteiger charge is -2.28. The van der Waals surface area contributed by atoms with Crippen molar-refractivity contribution >= 4 is 6.09 Å². The quantitative estimate of drug-likeness (QED) is 0.800. The molecular weight excluding hydrogens is 356 g/mol. The van der Waals surface area contributed by atoms with Crippen LogP contribution in [0.4, 0.5) is 13.6 Å². The molecule has 0 aromatic carbocycles. The molecule has 1 aromatic heterocycles. The zero-order chi connectivity index (χ0) is 19.7. The van der Waals surface area contributed by atoms with Crippen LogP contribution in [-0.2, 0) is 4.74 Å². The second-order valence-corrected chi connectivity index (χ2v) is 8.80. The van der Waals surface area contributed by atoms with Crippen LogP contribution in [0.1, 0.15) is 95.8 Å². The first-order valence-corrected chi connectivity index (χ1v) is 9.82. The van der Waals surface area contributed by atoms with Gasteiger partial charge in [0.2, 0.25) is 17.7 Å². The predicted molar refractivity (Wildman–Crippen MR) is 94.8 cm³/mol. The molecule has 3 rings (SSSR count). The highest BCUT2D eigenvalue weighted by Crippen LogP contribution is 2.41. The average molecular weight is 385 g/mol. The molecule has 0 unspecified atom stereocenters. The number of hydrogen-bond acceptors (Lipinski definition) is 5. The van der Waals surface area contributed by atoms with Gasteiger partial charge in [0, 0.05) is 30.7 Å². The van der Waals surface area contributed by atoms with Gasteiger partial charge in [-0.25, -0.2) is 13.6 Å². The molecule has 2 aliphatic rings. The van der Waals surface area contributed by atoms with E-state index in [9.17, 15) is 13.6 Å². The maximum absolute atomic E-state index is 13.3. The fraction of sp³-hybridized carbons (Fsp3) is 0.842. The van der Waals surface area contributed by atoms with E-state index < -0.39 is 11.5 Å². The molecule has 6 nitrogen and oxygen atoms in total. The van der Waals surface area contributed by atoms with Crippen molar-refractivity contribution in [3.05, 3.63) is 11.8 Å². The summed E-state index contributed by atoms with van der Waals surface area (Å²) >= 11 is 0. The molecule has 0 aliphatic heterocycles. The van der Waals surface area contributed by atoms with Gasteiger partial charge < -0.3 is 14.5 Å². The summed E-state index contributed by atoms with van der Waals surface area (Å²) in [6.07, 6.45) is 3.47. The number of rotatable bonds is 3. The SMILES string of the molecule is CC(C)(C)OC(=O)N[C@H]1CC[C@H](c2nnc(C3CCC(F)(F)CC3)o2)CC1. The first-order valence-electron chi connectivity index (χ1n) is 9.82. The monoisotopic (exact) mass is 385 g/mol. The van der Waals surface area contributed by atoms with Crippen LogP contribution in [0.25, 0.3) is 0 Å². The molecule has 1 aromatic rings. The number of carbonyl (C=O) groups is 1. The lowest BCUT2D eigenvalue weighted by Crippen LogP contribution is -2.40. The molecule has 0 radical (unpaired) electrons. The number of hydrogen-bond donors (Lipinski definition) is 1. The van der Waals surface area contributed by atoms with Crippen LogP contribution in [0, 0.1) is 0 Å². The van der Waals surface area contributed by atoms with E-state index in [0.29, 0.717) is 24.6 Å². The maximum atomic E-state index is 13.3. The lowest BCUT2D eigenvalue weighted by molar-refractivity contribution is -0.0399. The third-order valence-corrected chi connectivity index (χ3v) is 5.32. The van der Waals surface area contributed by atoms with Crippen LogP contribution in [0.2, 0.25) is 0 Å². The fourth-order valence-electron chi connectivity index (χ4n) is 3.82. The summed E-state index contributed by atoms with van der Waals surface area (Å²) in [6.45, 7) is 5.51. The summed E-state index contributed by atoms with van der Waals surface area (Å²) in [4.78, 5) is 11.9. The summed E-state index contributed by atoms with van der Waals surface area (Å²) in [6, 6.07) is 0.0825. The van der Waals surface area contributed by atoms with E-state index in [1.807, 2.05) is 20.8 Å². The molecule has 0 saturated heterocycles. The number of halogens is 2. The smallest absolute Gasteiger partial charge is 0.407 e. The van der Waals surface area contributed by atoms with Crippen molar-refractivity contribution in [2.75, 3.05) is 0 Å². The first-order chi connectivity index (χ1) is 12.6. The van der Waals surface area contributed by atoms with Gasteiger partial charge in [-0.2, -0.15) is 0 Å². The van der Waals surface area contributed by atoms with E-state index in [1.165, 1.54) is 0 Å². The minimum absolute atomic E-state index is 0.0592. The van der Waals surface area contributed by atoms with E-state index in [4.69, 9.17) is 9.15 Å². The van der Waals surface area contributed by atoms with Crippen LogP contribution in [0.15, 0.2) is 4.42 Å². The van der Waals surface area contributed by atoms with Crippen LogP contribution < -0.4 is 5.32 Å². The number of aromatic nitrogens is 2. The minimum atomic E-state index is -2.56. The number of ether oxygens (including phenoxy) is 1. The first kappa shape index (κ1) is 20.0. The van der Waals surface area contributed by atoms with Crippen LogP contribution in [0.3, 0.4) is 0 Å². The molecule has 2 aliphatic carbocycles. The molecule has 1 heterocycles. The van der Waals surface area contributed by atoms with Crippen LogP contribution in [0.5, 0.6) is 0 Å². The highest BCUT2D eigenvalue weighted by Gasteiger charge is 2.37. The molecule has 1 amide bonds. The fourth-order valence-corrected chi connectivity index (χ4v) is 3.82. The molecule has 2 saturated carbocycles. The summed E-state index contributed by atoms with van der Waals surface area (Å²) in [5.74, 6) is -1.37. The average Bonchev–Trinajstić information content (AvgIpc) is 3.03. The number of nitrogens with one attached hydrogen (secondary N) is 1. The Balaban J connectivity index is 1.48. The van der Waals surface area contributed by atoms with Gasteiger partial charge in [0.15, 0.2) is 0 Å². The molecular formula is C19H29F2N3O3. The van der Waals surface area contributed by atoms with Crippen molar-refractivity contribution in [1.29, 1.82) is 0 Å². The molecule has 1 N–H and O–H groups in total. The van der Waals surface area contributed by atoms with Gasteiger partial charge in [0.25, 0.3) is 0 Å². The number of alkyl carbamates (subject to hydrolysis) is 1. The summed E-state index contributed by atoms with van der Waals surface area (Å²) in [5, 5.41) is 11.2. The Labute approximate surface area is 158 Å². The standard InChI is InChI=1S/C19H29F2N3O3/c1-18(2,3)27-17(25)22-14-6-4-12(5-7-14)15-23-24-16(26-15)13-8-10-19(20,21)11-9-13/h12-14H,4-11H2,1-3H3,(H,22,25)/t12-,14-. The largest absolute Gasteiger partial charge is 0.444 e. The molecule has 152 valence electrons. The maximum Gasteiger partial charge on any atom is 0.407 e. The lowest BCUT2D eigenvalue weighted by atomic mass is 9.86. The Morgan fingerprint density at radius 1 is 1.04 bits per heavy atom. The Kier molecular flexibility index (Phi) is 5.72. The number of alkyl halides is 2. The van der Waals surface area contributed by atoms with E-state index in [2.05, 4.69) is 15.5 Å². The highest BCUT2D eigenvalue weighted by molar-refractivity contribution is 5.68. The van der Waals surface area contributed by atoms with Crippen molar-refractivity contribution in [3.8, 4) is 0 Å². The van der Waals surface area contributed by atoms with Gasteiger partial charge in [-0.15, -0.1) is 10.2 Å². The van der Waals surface area contributed by atoms with E-state index in [-0.39, 0.29) is 36.8 Å². The number of amides is 1. The summed E-state index contributed by atoms with van der Waals surface area (Å²) in [7, 11) is 0. The molecule has 2 fully saturated rings. The van der Waals surface area contributed by atoms with E-state index >= 15 is 0 Å². The second kappa shape index (κ2) is 7.72. The van der Waals surface area contributed by atoms with Crippen LogP contribution >= 0.6 is 0 Å². The molecule has 0 spiro atoms. The zero-order valence-corrected chi connectivity index (χ0v) is 16.3. The van der Waals surface area contributed by atoms with Gasteiger partial charge in [-0.3, -0.25) is 0 Å². The Morgan fingerprint density at radius 3 is 2.07 bits per heavy atom. The number of carbonyl (C=O) groups excluding carboxylic acids is 1. The van der Waals surface area contributed by atoms with Crippen molar-refractivity contribution in [2.24, 2.45) is 0 Å². The summed E-state index contributed by atoms with van der Waals surface area (Å²) in [5.41, 5.74) is -0.509.